The predicted molar refractivity (Wildman–Crippen MR) is 125 cm³/mol. The second kappa shape index (κ2) is 10.5. The molecule has 33 heavy (non-hydrogen) atoms. The van der Waals surface area contributed by atoms with Gasteiger partial charge in [-0.25, -0.2) is 9.59 Å². The Bertz CT molecular complexity index is 968. The fourth-order valence-corrected chi connectivity index (χ4v) is 3.60. The summed E-state index contributed by atoms with van der Waals surface area (Å²) >= 11 is 3.27. The summed E-state index contributed by atoms with van der Waals surface area (Å²) in [5.74, 6) is -1.18. The van der Waals surface area contributed by atoms with Gasteiger partial charge in [0, 0.05) is 5.70 Å². The summed E-state index contributed by atoms with van der Waals surface area (Å²) in [7, 11) is 1.40. The normalized spacial score (nSPS) is 17.4. The molecule has 0 saturated carbocycles. The molecule has 1 aliphatic rings. The maximum absolute atomic E-state index is 13.4. The van der Waals surface area contributed by atoms with Crippen LogP contribution in [0.5, 0.6) is 11.5 Å². The largest absolute Gasteiger partial charge is 0.503 e. The average Bonchev–Trinajstić information content (AvgIpc) is 2.71. The maximum Gasteiger partial charge on any atom is 0.338 e. The third kappa shape index (κ3) is 5.98. The van der Waals surface area contributed by atoms with Gasteiger partial charge in [0.15, 0.2) is 11.5 Å². The predicted octanol–water partition coefficient (Wildman–Crippen LogP) is 4.04. The highest BCUT2D eigenvalue weighted by Crippen LogP contribution is 2.40. The third-order valence-corrected chi connectivity index (χ3v) is 6.12. The van der Waals surface area contributed by atoms with Crippen molar-refractivity contribution in [2.24, 2.45) is 5.41 Å². The number of benzene rings is 1. The van der Waals surface area contributed by atoms with E-state index < -0.39 is 30.1 Å². The zero-order chi connectivity index (χ0) is 25.1. The third-order valence-electron chi connectivity index (χ3n) is 5.52. The molecular weight excluding hydrogens is 496 g/mol. The number of ether oxygens (including phenoxy) is 3. The van der Waals surface area contributed by atoms with Crippen molar-refractivity contribution in [3.8, 4) is 11.5 Å². The van der Waals surface area contributed by atoms with Crippen LogP contribution in [0.1, 0.15) is 53.1 Å². The van der Waals surface area contributed by atoms with Crippen LogP contribution in [-0.2, 0) is 19.1 Å². The second-order valence-corrected chi connectivity index (χ2v) is 9.59. The van der Waals surface area contributed by atoms with Crippen LogP contribution in [0, 0.1) is 5.41 Å². The number of carbonyl (C=O) groups is 3. The smallest absolute Gasteiger partial charge is 0.338 e. The topological polar surface area (TPSA) is 114 Å². The number of allylic oxidation sites excluding steroid dienone is 1. The van der Waals surface area contributed by atoms with Crippen LogP contribution in [0.2, 0.25) is 0 Å². The van der Waals surface area contributed by atoms with Crippen molar-refractivity contribution in [3.63, 3.8) is 0 Å². The van der Waals surface area contributed by atoms with E-state index in [0.29, 0.717) is 10.0 Å². The number of phenols is 1. The Labute approximate surface area is 202 Å². The molecule has 2 atom stereocenters. The second-order valence-electron chi connectivity index (χ2n) is 8.74. The van der Waals surface area contributed by atoms with Crippen molar-refractivity contribution in [3.05, 3.63) is 33.4 Å². The SMILES string of the molecule is CCOC(=O)CN1C(=O)NC(c2cc(Br)c(O)c(OC)c2)C(C(=O)OC(C)C(C)(C)C)=C1C. The van der Waals surface area contributed by atoms with Crippen LogP contribution in [0.15, 0.2) is 27.9 Å². The fraction of sp³-hybridized carbons (Fsp3) is 0.522. The van der Waals surface area contributed by atoms with E-state index in [4.69, 9.17) is 14.2 Å². The number of hydrogen-bond acceptors (Lipinski definition) is 7. The van der Waals surface area contributed by atoms with Gasteiger partial charge in [-0.2, -0.15) is 0 Å². The number of esters is 2. The monoisotopic (exact) mass is 526 g/mol. The molecule has 1 heterocycles. The molecule has 2 amide bonds. The van der Waals surface area contributed by atoms with Gasteiger partial charge in [0.05, 0.1) is 29.8 Å². The van der Waals surface area contributed by atoms with Gasteiger partial charge in [0.2, 0.25) is 0 Å². The number of phenolic OH excluding ortho intramolecular Hbond substituents is 1. The van der Waals surface area contributed by atoms with Gasteiger partial charge < -0.3 is 24.6 Å². The summed E-state index contributed by atoms with van der Waals surface area (Å²) in [4.78, 5) is 39.5. The minimum absolute atomic E-state index is 0.112. The van der Waals surface area contributed by atoms with Gasteiger partial charge in [-0.15, -0.1) is 0 Å². The van der Waals surface area contributed by atoms with Crippen LogP contribution in [-0.4, -0.2) is 54.3 Å². The summed E-state index contributed by atoms with van der Waals surface area (Å²) in [6.45, 7) is 10.7. The summed E-state index contributed by atoms with van der Waals surface area (Å²) in [5.41, 5.74) is 0.600. The Kier molecular flexibility index (Phi) is 8.40. The standard InChI is InChI=1S/C23H31BrN2O7/c1-8-32-17(27)11-26-12(2)18(21(29)33-13(3)23(4,5)6)19(25-22(26)30)14-9-15(24)20(28)16(10-14)31-7/h9-10,13,19,28H,8,11H2,1-7H3,(H,25,30). The number of methoxy groups -OCH3 is 1. The molecule has 1 aromatic carbocycles. The Hall–Kier alpha value is -2.75. The average molecular weight is 527 g/mol. The van der Waals surface area contributed by atoms with E-state index in [9.17, 15) is 19.5 Å². The zero-order valence-electron chi connectivity index (χ0n) is 19.9. The Morgan fingerprint density at radius 3 is 2.48 bits per heavy atom. The lowest BCUT2D eigenvalue weighted by atomic mass is 9.90. The van der Waals surface area contributed by atoms with E-state index in [-0.39, 0.29) is 41.3 Å². The fourth-order valence-electron chi connectivity index (χ4n) is 3.14. The molecule has 0 aromatic heterocycles. The van der Waals surface area contributed by atoms with Crippen LogP contribution < -0.4 is 10.1 Å². The summed E-state index contributed by atoms with van der Waals surface area (Å²) in [6, 6.07) is 1.63. The molecule has 0 saturated heterocycles. The van der Waals surface area contributed by atoms with Crippen molar-refractivity contribution in [2.45, 2.75) is 53.7 Å². The molecule has 9 nitrogen and oxygen atoms in total. The minimum Gasteiger partial charge on any atom is -0.503 e. The van der Waals surface area contributed by atoms with Crippen LogP contribution >= 0.6 is 15.9 Å². The number of hydrogen-bond donors (Lipinski definition) is 2. The Balaban J connectivity index is 2.60. The Morgan fingerprint density at radius 1 is 1.30 bits per heavy atom. The van der Waals surface area contributed by atoms with E-state index in [1.54, 1.807) is 26.8 Å². The molecule has 0 aliphatic carbocycles. The highest BCUT2D eigenvalue weighted by atomic mass is 79.9. The summed E-state index contributed by atoms with van der Waals surface area (Å²) in [6.07, 6.45) is -0.428. The van der Waals surface area contributed by atoms with Gasteiger partial charge in [-0.1, -0.05) is 20.8 Å². The van der Waals surface area contributed by atoms with E-state index in [2.05, 4.69) is 21.2 Å². The van der Waals surface area contributed by atoms with Gasteiger partial charge in [0.1, 0.15) is 12.6 Å². The lowest BCUT2D eigenvalue weighted by molar-refractivity contribution is -0.149. The van der Waals surface area contributed by atoms with Crippen molar-refractivity contribution < 1.29 is 33.7 Å². The molecule has 0 radical (unpaired) electrons. The molecule has 10 heteroatoms. The molecule has 2 unspecified atom stereocenters. The number of nitrogens with one attached hydrogen (secondary N) is 1. The number of amides is 2. The van der Waals surface area contributed by atoms with Gasteiger partial charge >= 0.3 is 18.0 Å². The quantitative estimate of drug-likeness (QED) is 0.515. The molecule has 0 fully saturated rings. The van der Waals surface area contributed by atoms with E-state index in [1.165, 1.54) is 13.2 Å². The van der Waals surface area contributed by atoms with Gasteiger partial charge in [0.25, 0.3) is 0 Å². The first-order valence-corrected chi connectivity index (χ1v) is 11.3. The molecular formula is C23H31BrN2O7. The highest BCUT2D eigenvalue weighted by Gasteiger charge is 2.39. The molecule has 182 valence electrons. The molecule has 1 aromatic rings. The van der Waals surface area contributed by atoms with Crippen molar-refractivity contribution in [1.29, 1.82) is 0 Å². The first-order chi connectivity index (χ1) is 15.3. The lowest BCUT2D eigenvalue weighted by Crippen LogP contribution is -2.50. The zero-order valence-corrected chi connectivity index (χ0v) is 21.5. The number of nitrogens with zero attached hydrogens (tertiary/aromatic N) is 1. The van der Waals surface area contributed by atoms with Crippen LogP contribution in [0.25, 0.3) is 0 Å². The number of halogens is 1. The molecule has 2 N–H and O–H groups in total. The van der Waals surface area contributed by atoms with E-state index in [0.717, 1.165) is 4.90 Å². The summed E-state index contributed by atoms with van der Waals surface area (Å²) < 4.78 is 16.3. The van der Waals surface area contributed by atoms with Crippen molar-refractivity contribution in [1.82, 2.24) is 10.2 Å². The Morgan fingerprint density at radius 2 is 1.94 bits per heavy atom. The van der Waals surface area contributed by atoms with E-state index in [1.807, 2.05) is 20.8 Å². The van der Waals surface area contributed by atoms with Crippen LogP contribution in [0.3, 0.4) is 0 Å². The number of carbonyl (C=O) groups excluding carboxylic acids is 3. The van der Waals surface area contributed by atoms with E-state index >= 15 is 0 Å². The molecule has 1 aliphatic heterocycles. The number of urea groups is 1. The summed E-state index contributed by atoms with van der Waals surface area (Å²) in [5, 5.41) is 12.9. The minimum atomic E-state index is -0.901. The molecule has 0 bridgehead atoms. The van der Waals surface area contributed by atoms with Gasteiger partial charge in [-0.05, 0) is 59.8 Å². The molecule has 0 spiro atoms. The van der Waals surface area contributed by atoms with Crippen molar-refractivity contribution >= 4 is 33.9 Å². The van der Waals surface area contributed by atoms with Crippen molar-refractivity contribution in [2.75, 3.05) is 20.3 Å². The lowest BCUT2D eigenvalue weighted by Gasteiger charge is -2.36. The van der Waals surface area contributed by atoms with Crippen LogP contribution in [0.4, 0.5) is 4.79 Å². The van der Waals surface area contributed by atoms with Gasteiger partial charge in [-0.3, -0.25) is 9.69 Å². The molecule has 2 rings (SSSR count). The highest BCUT2D eigenvalue weighted by molar-refractivity contribution is 9.10. The first-order valence-electron chi connectivity index (χ1n) is 10.5. The number of aromatic hydroxyl groups is 1. The number of rotatable bonds is 7. The maximum atomic E-state index is 13.4. The first kappa shape index (κ1) is 26.5.